The van der Waals surface area contributed by atoms with Crippen molar-refractivity contribution in [2.24, 2.45) is 0 Å². The van der Waals surface area contributed by atoms with Gasteiger partial charge in [0.25, 0.3) is 0 Å². The zero-order valence-corrected chi connectivity index (χ0v) is 22.8. The number of amides is 1. The number of hydrogen-bond donors (Lipinski definition) is 1. The highest BCUT2D eigenvalue weighted by Crippen LogP contribution is 2.25. The largest absolute Gasteiger partial charge is 0.493 e. The molecule has 36 heavy (non-hydrogen) atoms. The third-order valence-corrected chi connectivity index (χ3v) is 7.14. The van der Waals surface area contributed by atoms with Gasteiger partial charge in [-0.05, 0) is 51.0 Å². The average molecular weight is 550 g/mol. The second-order valence-electron chi connectivity index (χ2n) is 7.65. The number of ether oxygens (including phenoxy) is 2. The first-order chi connectivity index (χ1) is 17.3. The zero-order chi connectivity index (χ0) is 26.1. The zero-order valence-electron chi connectivity index (χ0n) is 20.4. The second kappa shape index (κ2) is 13.4. The maximum Gasteiger partial charge on any atom is 0.350 e. The Labute approximate surface area is 223 Å². The van der Waals surface area contributed by atoms with Crippen LogP contribution in [0.3, 0.4) is 0 Å². The van der Waals surface area contributed by atoms with Crippen LogP contribution in [-0.2, 0) is 22.5 Å². The Morgan fingerprint density at radius 2 is 2.11 bits per heavy atom. The highest BCUT2D eigenvalue weighted by Gasteiger charge is 2.18. The summed E-state index contributed by atoms with van der Waals surface area (Å²) in [5.74, 6) is 1.01. The van der Waals surface area contributed by atoms with Crippen molar-refractivity contribution in [1.29, 1.82) is 0 Å². The molecule has 0 aliphatic carbocycles. The molecule has 1 aromatic carbocycles. The summed E-state index contributed by atoms with van der Waals surface area (Å²) in [6, 6.07) is 5.54. The molecule has 0 aliphatic heterocycles. The molecule has 1 N–H and O–H groups in total. The van der Waals surface area contributed by atoms with Crippen molar-refractivity contribution in [2.45, 2.75) is 45.3 Å². The van der Waals surface area contributed by atoms with Gasteiger partial charge in [0, 0.05) is 18.0 Å². The monoisotopic (exact) mass is 549 g/mol. The van der Waals surface area contributed by atoms with Crippen LogP contribution in [0.4, 0.5) is 5.13 Å². The summed E-state index contributed by atoms with van der Waals surface area (Å²) < 4.78 is 12.8. The van der Waals surface area contributed by atoms with Crippen molar-refractivity contribution in [2.75, 3.05) is 24.3 Å². The second-order valence-corrected chi connectivity index (χ2v) is 10.0. The van der Waals surface area contributed by atoms with Gasteiger partial charge in [0.15, 0.2) is 10.3 Å². The Balaban J connectivity index is 1.53. The van der Waals surface area contributed by atoms with Crippen LogP contribution in [-0.4, -0.2) is 50.6 Å². The van der Waals surface area contributed by atoms with Gasteiger partial charge in [-0.2, -0.15) is 0 Å². The Morgan fingerprint density at radius 3 is 2.83 bits per heavy atom. The lowest BCUT2D eigenvalue weighted by Crippen LogP contribution is -2.14. The highest BCUT2D eigenvalue weighted by atomic mass is 35.5. The molecule has 0 saturated carbocycles. The Hall–Kier alpha value is -2.89. The van der Waals surface area contributed by atoms with Crippen molar-refractivity contribution in [3.8, 4) is 5.75 Å². The lowest BCUT2D eigenvalue weighted by Gasteiger charge is -2.10. The van der Waals surface area contributed by atoms with E-state index in [1.54, 1.807) is 26.0 Å². The van der Waals surface area contributed by atoms with Crippen LogP contribution in [0.2, 0.25) is 5.02 Å². The van der Waals surface area contributed by atoms with Crippen molar-refractivity contribution in [3.05, 3.63) is 57.8 Å². The van der Waals surface area contributed by atoms with Gasteiger partial charge in [-0.25, -0.2) is 9.78 Å². The fraction of sp³-hybridized carbons (Fsp3) is 0.375. The first kappa shape index (κ1) is 27.7. The molecule has 2 heterocycles. The van der Waals surface area contributed by atoms with Crippen LogP contribution in [0.1, 0.15) is 40.1 Å². The summed E-state index contributed by atoms with van der Waals surface area (Å²) in [7, 11) is 0. The van der Waals surface area contributed by atoms with E-state index in [-0.39, 0.29) is 18.3 Å². The van der Waals surface area contributed by atoms with Crippen LogP contribution >= 0.6 is 34.7 Å². The first-order valence-corrected chi connectivity index (χ1v) is 13.5. The first-order valence-electron chi connectivity index (χ1n) is 11.3. The minimum atomic E-state index is -0.443. The molecule has 1 amide bonds. The van der Waals surface area contributed by atoms with Gasteiger partial charge >= 0.3 is 5.97 Å². The normalized spacial score (nSPS) is 10.8. The van der Waals surface area contributed by atoms with Crippen LogP contribution in [0, 0.1) is 13.8 Å². The number of carbonyl (C=O) groups excluding carboxylic acids is 2. The maximum atomic E-state index is 12.5. The fourth-order valence-electron chi connectivity index (χ4n) is 3.23. The summed E-state index contributed by atoms with van der Waals surface area (Å²) in [6.07, 6.45) is 3.17. The van der Waals surface area contributed by atoms with Crippen molar-refractivity contribution in [1.82, 2.24) is 19.7 Å². The number of nitrogens with one attached hydrogen (secondary N) is 1. The van der Waals surface area contributed by atoms with Gasteiger partial charge in [-0.3, -0.25) is 4.79 Å². The topological polar surface area (TPSA) is 108 Å². The summed E-state index contributed by atoms with van der Waals surface area (Å²) in [5, 5.41) is 12.9. The average Bonchev–Trinajstić information content (AvgIpc) is 3.39. The molecular weight excluding hydrogens is 522 g/mol. The van der Waals surface area contributed by atoms with Gasteiger partial charge in [0.2, 0.25) is 5.91 Å². The Bertz CT molecular complexity index is 1230. The van der Waals surface area contributed by atoms with Crippen LogP contribution in [0.5, 0.6) is 5.75 Å². The van der Waals surface area contributed by atoms with E-state index >= 15 is 0 Å². The van der Waals surface area contributed by atoms with Gasteiger partial charge in [0.05, 0.1) is 24.7 Å². The lowest BCUT2D eigenvalue weighted by molar-refractivity contribution is -0.113. The SMILES string of the molecule is C=CCn1c(CCCOc2ccc(Cl)cc2C)nnc1SCC(=O)Nc1nc(C)c(C(=O)OCC)s1. The molecule has 0 atom stereocenters. The van der Waals surface area contributed by atoms with E-state index < -0.39 is 5.97 Å². The van der Waals surface area contributed by atoms with E-state index in [1.165, 1.54) is 11.8 Å². The molecule has 0 radical (unpaired) electrons. The van der Waals surface area contributed by atoms with E-state index in [2.05, 4.69) is 27.1 Å². The van der Waals surface area contributed by atoms with Crippen LogP contribution in [0.25, 0.3) is 0 Å². The number of aromatic nitrogens is 4. The van der Waals surface area contributed by atoms with E-state index in [1.807, 2.05) is 23.6 Å². The van der Waals surface area contributed by atoms with E-state index in [9.17, 15) is 9.59 Å². The Kier molecular flexibility index (Phi) is 10.3. The number of thiazole rings is 1. The number of anilines is 1. The minimum absolute atomic E-state index is 0.113. The van der Waals surface area contributed by atoms with Crippen molar-refractivity contribution in [3.63, 3.8) is 0 Å². The summed E-state index contributed by atoms with van der Waals surface area (Å²) >= 11 is 8.36. The standard InChI is InChI=1S/C24H28ClN5O4S2/c1-5-11-30-19(8-7-12-34-18-10-9-17(25)13-15(18)3)28-29-24(30)35-14-20(31)27-23-26-16(4)21(36-23)22(32)33-6-2/h5,9-10,13H,1,6-8,11-12,14H2,2-4H3,(H,26,27,31). The minimum Gasteiger partial charge on any atom is -0.493 e. The number of nitrogens with zero attached hydrogens (tertiary/aromatic N) is 4. The summed E-state index contributed by atoms with van der Waals surface area (Å²) in [6.45, 7) is 10.5. The molecule has 0 unspecified atom stereocenters. The molecule has 0 bridgehead atoms. The molecule has 12 heteroatoms. The molecule has 0 aliphatic rings. The molecule has 0 fully saturated rings. The van der Waals surface area contributed by atoms with Crippen molar-refractivity contribution < 1.29 is 19.1 Å². The molecule has 0 spiro atoms. The number of allylic oxidation sites excluding steroid dienone is 1. The maximum absolute atomic E-state index is 12.5. The molecule has 3 rings (SSSR count). The predicted octanol–water partition coefficient (Wildman–Crippen LogP) is 5.11. The number of halogens is 1. The molecule has 0 saturated heterocycles. The molecule has 2 aromatic heterocycles. The number of rotatable bonds is 13. The summed E-state index contributed by atoms with van der Waals surface area (Å²) in [5.41, 5.74) is 1.51. The highest BCUT2D eigenvalue weighted by molar-refractivity contribution is 7.99. The Morgan fingerprint density at radius 1 is 1.31 bits per heavy atom. The van der Waals surface area contributed by atoms with Crippen LogP contribution in [0.15, 0.2) is 36.0 Å². The van der Waals surface area contributed by atoms with Gasteiger partial charge in [-0.1, -0.05) is 40.8 Å². The number of benzene rings is 1. The fourth-order valence-corrected chi connectivity index (χ4v) is 5.10. The third kappa shape index (κ3) is 7.55. The summed E-state index contributed by atoms with van der Waals surface area (Å²) in [4.78, 5) is 29.1. The number of hydrogen-bond acceptors (Lipinski definition) is 9. The van der Waals surface area contributed by atoms with Crippen LogP contribution < -0.4 is 10.1 Å². The van der Waals surface area contributed by atoms with E-state index in [0.29, 0.717) is 45.5 Å². The van der Waals surface area contributed by atoms with Gasteiger partial charge in [0.1, 0.15) is 16.5 Å². The smallest absolute Gasteiger partial charge is 0.350 e. The number of thioether (sulfide) groups is 1. The van der Waals surface area contributed by atoms with E-state index in [0.717, 1.165) is 34.9 Å². The molecular formula is C24H28ClN5O4S2. The number of aryl methyl sites for hydroxylation is 3. The van der Waals surface area contributed by atoms with Gasteiger partial charge < -0.3 is 19.4 Å². The van der Waals surface area contributed by atoms with Crippen molar-refractivity contribution >= 4 is 51.7 Å². The molecule has 192 valence electrons. The number of esters is 1. The quantitative estimate of drug-likeness (QED) is 0.136. The predicted molar refractivity (Wildman–Crippen MR) is 142 cm³/mol. The number of carbonyl (C=O) groups is 2. The third-order valence-electron chi connectivity index (χ3n) is 4.88. The van der Waals surface area contributed by atoms with E-state index in [4.69, 9.17) is 21.1 Å². The molecule has 9 nitrogen and oxygen atoms in total. The lowest BCUT2D eigenvalue weighted by atomic mass is 10.2. The molecule has 3 aromatic rings. The van der Waals surface area contributed by atoms with Gasteiger partial charge in [-0.15, -0.1) is 16.8 Å².